The fourth-order valence-corrected chi connectivity index (χ4v) is 1.80. The van der Waals surface area contributed by atoms with Crippen LogP contribution in [0.4, 0.5) is 0 Å². The third-order valence-electron chi connectivity index (χ3n) is 2.42. The second-order valence-electron chi connectivity index (χ2n) is 4.68. The van der Waals surface area contributed by atoms with Crippen molar-refractivity contribution in [1.82, 2.24) is 15.2 Å². The molecule has 0 atom stereocenters. The Kier molecular flexibility index (Phi) is 2.31. The van der Waals surface area contributed by atoms with E-state index in [2.05, 4.69) is 42.0 Å². The van der Waals surface area contributed by atoms with E-state index in [1.807, 2.05) is 6.07 Å². The van der Waals surface area contributed by atoms with E-state index in [1.165, 1.54) is 0 Å². The lowest BCUT2D eigenvalue weighted by Gasteiger charge is -2.21. The van der Waals surface area contributed by atoms with Gasteiger partial charge in [-0.05, 0) is 11.5 Å². The van der Waals surface area contributed by atoms with Crippen molar-refractivity contribution in [3.8, 4) is 6.07 Å². The van der Waals surface area contributed by atoms with Gasteiger partial charge in [0.25, 0.3) is 0 Å². The molecule has 0 saturated heterocycles. The molecule has 16 heavy (non-hydrogen) atoms. The molecular formula is C12H12N4. The molecular weight excluding hydrogens is 200 g/mol. The standard InChI is InChI=1S/C12H12N4/c1-12(2,3)11-8-4-5-14-7-10(8)16-15-9(11)6-13/h4-5,7H,1-3H3. The number of hydrogen-bond donors (Lipinski definition) is 0. The van der Waals surface area contributed by atoms with Crippen LogP contribution in [0.1, 0.15) is 32.0 Å². The number of fused-ring (bicyclic) bond motifs is 1. The third kappa shape index (κ3) is 1.61. The van der Waals surface area contributed by atoms with Crippen molar-refractivity contribution >= 4 is 10.9 Å². The number of aromatic nitrogens is 3. The van der Waals surface area contributed by atoms with Crippen molar-refractivity contribution in [3.05, 3.63) is 29.7 Å². The first kappa shape index (κ1) is 10.5. The van der Waals surface area contributed by atoms with E-state index in [0.29, 0.717) is 5.69 Å². The molecule has 4 nitrogen and oxygen atoms in total. The fraction of sp³-hybridized carbons (Fsp3) is 0.333. The van der Waals surface area contributed by atoms with Gasteiger partial charge < -0.3 is 0 Å². The molecule has 0 saturated carbocycles. The average Bonchev–Trinajstić information content (AvgIpc) is 2.26. The van der Waals surface area contributed by atoms with Gasteiger partial charge in [0, 0.05) is 17.1 Å². The molecule has 0 fully saturated rings. The predicted octanol–water partition coefficient (Wildman–Crippen LogP) is 2.19. The maximum absolute atomic E-state index is 9.07. The molecule has 4 heteroatoms. The Bertz CT molecular complexity index is 576. The molecule has 0 aliphatic carbocycles. The Balaban J connectivity index is 2.91. The summed E-state index contributed by atoms with van der Waals surface area (Å²) in [5.41, 5.74) is 1.92. The monoisotopic (exact) mass is 212 g/mol. The van der Waals surface area contributed by atoms with Crippen LogP contribution in [0.15, 0.2) is 18.5 Å². The van der Waals surface area contributed by atoms with Gasteiger partial charge in [0.05, 0.1) is 6.20 Å². The van der Waals surface area contributed by atoms with Gasteiger partial charge in [-0.1, -0.05) is 20.8 Å². The lowest BCUT2D eigenvalue weighted by Crippen LogP contribution is -2.16. The van der Waals surface area contributed by atoms with Gasteiger partial charge in [-0.3, -0.25) is 4.98 Å². The smallest absolute Gasteiger partial charge is 0.167 e. The number of pyridine rings is 1. The highest BCUT2D eigenvalue weighted by Gasteiger charge is 2.22. The van der Waals surface area contributed by atoms with Crippen LogP contribution in [-0.4, -0.2) is 15.2 Å². The molecule has 2 aromatic heterocycles. The van der Waals surface area contributed by atoms with Crippen LogP contribution in [0, 0.1) is 11.3 Å². The van der Waals surface area contributed by atoms with Crippen LogP contribution in [0.25, 0.3) is 10.9 Å². The predicted molar refractivity (Wildman–Crippen MR) is 60.7 cm³/mol. The van der Waals surface area contributed by atoms with Crippen molar-refractivity contribution in [2.24, 2.45) is 0 Å². The Labute approximate surface area is 94.0 Å². The second-order valence-corrected chi connectivity index (χ2v) is 4.68. The maximum Gasteiger partial charge on any atom is 0.167 e. The lowest BCUT2D eigenvalue weighted by atomic mass is 9.84. The zero-order valence-electron chi connectivity index (χ0n) is 9.52. The molecule has 2 aromatic rings. The van der Waals surface area contributed by atoms with Crippen LogP contribution < -0.4 is 0 Å². The zero-order valence-corrected chi connectivity index (χ0v) is 9.52. The minimum Gasteiger partial charge on any atom is -0.262 e. The highest BCUT2D eigenvalue weighted by molar-refractivity contribution is 5.83. The van der Waals surface area contributed by atoms with Crippen molar-refractivity contribution < 1.29 is 0 Å². The summed E-state index contributed by atoms with van der Waals surface area (Å²) in [6.07, 6.45) is 3.37. The number of nitriles is 1. The Morgan fingerprint density at radius 2 is 2.00 bits per heavy atom. The van der Waals surface area contributed by atoms with E-state index in [1.54, 1.807) is 12.4 Å². The molecule has 0 radical (unpaired) electrons. The SMILES string of the molecule is CC(C)(C)c1c(C#N)nnc2cnccc12. The molecule has 0 N–H and O–H groups in total. The minimum atomic E-state index is -0.138. The van der Waals surface area contributed by atoms with Crippen molar-refractivity contribution in [2.75, 3.05) is 0 Å². The van der Waals surface area contributed by atoms with Crippen LogP contribution in [0.5, 0.6) is 0 Å². The normalized spacial score (nSPS) is 11.4. The number of rotatable bonds is 0. The average molecular weight is 212 g/mol. The van der Waals surface area contributed by atoms with Crippen LogP contribution in [0.2, 0.25) is 0 Å². The van der Waals surface area contributed by atoms with E-state index in [0.717, 1.165) is 16.5 Å². The second kappa shape index (κ2) is 3.53. The zero-order chi connectivity index (χ0) is 11.8. The van der Waals surface area contributed by atoms with Gasteiger partial charge >= 0.3 is 0 Å². The largest absolute Gasteiger partial charge is 0.262 e. The summed E-state index contributed by atoms with van der Waals surface area (Å²) in [5.74, 6) is 0. The van der Waals surface area contributed by atoms with Gasteiger partial charge in [0.15, 0.2) is 5.69 Å². The summed E-state index contributed by atoms with van der Waals surface area (Å²) < 4.78 is 0. The number of nitrogens with zero attached hydrogens (tertiary/aromatic N) is 4. The Morgan fingerprint density at radius 1 is 1.25 bits per heavy atom. The lowest BCUT2D eigenvalue weighted by molar-refractivity contribution is 0.589. The van der Waals surface area contributed by atoms with Crippen molar-refractivity contribution in [1.29, 1.82) is 5.26 Å². The summed E-state index contributed by atoms with van der Waals surface area (Å²) >= 11 is 0. The molecule has 0 bridgehead atoms. The highest BCUT2D eigenvalue weighted by atomic mass is 15.1. The van der Waals surface area contributed by atoms with Crippen LogP contribution in [0.3, 0.4) is 0 Å². The minimum absolute atomic E-state index is 0.138. The molecule has 80 valence electrons. The summed E-state index contributed by atoms with van der Waals surface area (Å²) in [7, 11) is 0. The molecule has 2 rings (SSSR count). The first-order chi connectivity index (χ1) is 7.54. The molecule has 0 aromatic carbocycles. The van der Waals surface area contributed by atoms with E-state index in [4.69, 9.17) is 5.26 Å². The highest BCUT2D eigenvalue weighted by Crippen LogP contribution is 2.30. The van der Waals surface area contributed by atoms with Crippen molar-refractivity contribution in [2.45, 2.75) is 26.2 Å². The summed E-state index contributed by atoms with van der Waals surface area (Å²) in [5, 5.41) is 18.0. The van der Waals surface area contributed by atoms with Gasteiger partial charge in [-0.15, -0.1) is 10.2 Å². The summed E-state index contributed by atoms with van der Waals surface area (Å²) in [6, 6.07) is 3.98. The molecule has 0 amide bonds. The summed E-state index contributed by atoms with van der Waals surface area (Å²) in [4.78, 5) is 4.01. The first-order valence-electron chi connectivity index (χ1n) is 5.05. The Hall–Kier alpha value is -2.02. The third-order valence-corrected chi connectivity index (χ3v) is 2.42. The van der Waals surface area contributed by atoms with Gasteiger partial charge in [0.2, 0.25) is 0 Å². The van der Waals surface area contributed by atoms with Gasteiger partial charge in [-0.25, -0.2) is 0 Å². The van der Waals surface area contributed by atoms with E-state index < -0.39 is 0 Å². The molecule has 0 aliphatic heterocycles. The van der Waals surface area contributed by atoms with E-state index >= 15 is 0 Å². The molecule has 0 unspecified atom stereocenters. The fourth-order valence-electron chi connectivity index (χ4n) is 1.80. The molecule has 0 spiro atoms. The van der Waals surface area contributed by atoms with Gasteiger partial charge in [-0.2, -0.15) is 5.26 Å². The van der Waals surface area contributed by atoms with Crippen LogP contribution >= 0.6 is 0 Å². The Morgan fingerprint density at radius 3 is 2.62 bits per heavy atom. The van der Waals surface area contributed by atoms with Gasteiger partial charge in [0.1, 0.15) is 11.6 Å². The molecule has 0 aliphatic rings. The van der Waals surface area contributed by atoms with Crippen molar-refractivity contribution in [3.63, 3.8) is 0 Å². The van der Waals surface area contributed by atoms with E-state index in [-0.39, 0.29) is 5.41 Å². The van der Waals surface area contributed by atoms with Crippen LogP contribution in [-0.2, 0) is 5.41 Å². The topological polar surface area (TPSA) is 62.5 Å². The number of hydrogen-bond acceptors (Lipinski definition) is 4. The van der Waals surface area contributed by atoms with E-state index in [9.17, 15) is 0 Å². The quantitative estimate of drug-likeness (QED) is 0.671. The maximum atomic E-state index is 9.07. The first-order valence-corrected chi connectivity index (χ1v) is 5.05. The summed E-state index contributed by atoms with van der Waals surface area (Å²) in [6.45, 7) is 6.18. The molecule has 2 heterocycles.